The molecule has 0 spiro atoms. The van der Waals surface area contributed by atoms with Crippen molar-refractivity contribution in [2.75, 3.05) is 6.61 Å². The topological polar surface area (TPSA) is 49.7 Å². The minimum atomic E-state index is -0.672. The Kier molecular flexibility index (Phi) is 7.20. The monoisotopic (exact) mass is 294 g/mol. The van der Waals surface area contributed by atoms with Crippen LogP contribution in [0.1, 0.15) is 50.3 Å². The Hall–Kier alpha value is -1.06. The fraction of sp³-hybridized carbons (Fsp3) is 0.667. The zero-order valence-corrected chi connectivity index (χ0v) is 14.0. The van der Waals surface area contributed by atoms with Gasteiger partial charge in [0.25, 0.3) is 0 Å². The van der Waals surface area contributed by atoms with Crippen molar-refractivity contribution in [1.29, 1.82) is 0 Å². The van der Waals surface area contributed by atoms with E-state index in [0.29, 0.717) is 31.8 Å². The van der Waals surface area contributed by atoms with Gasteiger partial charge in [-0.05, 0) is 50.2 Å². The number of aryl methyl sites for hydroxylation is 3. The van der Waals surface area contributed by atoms with Crippen molar-refractivity contribution in [3.8, 4) is 5.75 Å². The molecule has 0 saturated carbocycles. The third-order valence-electron chi connectivity index (χ3n) is 3.63. The van der Waals surface area contributed by atoms with Crippen LogP contribution in [-0.4, -0.2) is 29.0 Å². The number of benzene rings is 1. The highest BCUT2D eigenvalue weighted by Gasteiger charge is 2.16. The predicted molar refractivity (Wildman–Crippen MR) is 86.9 cm³/mol. The molecule has 2 unspecified atom stereocenters. The normalized spacial score (nSPS) is 14.3. The largest absolute Gasteiger partial charge is 0.493 e. The molecule has 0 aliphatic heterocycles. The zero-order chi connectivity index (χ0) is 16.0. The summed E-state index contributed by atoms with van der Waals surface area (Å²) in [4.78, 5) is 0. The first-order chi connectivity index (χ1) is 9.85. The average molecular weight is 294 g/mol. The molecule has 0 aromatic heterocycles. The maximum atomic E-state index is 9.94. The van der Waals surface area contributed by atoms with Gasteiger partial charge < -0.3 is 14.9 Å². The predicted octanol–water partition coefficient (Wildman–Crippen LogP) is 3.40. The number of aliphatic hydroxyl groups is 2. The van der Waals surface area contributed by atoms with Gasteiger partial charge in [0.1, 0.15) is 5.75 Å². The van der Waals surface area contributed by atoms with Gasteiger partial charge in [0.05, 0.1) is 18.8 Å². The second-order valence-corrected chi connectivity index (χ2v) is 6.36. The van der Waals surface area contributed by atoms with Gasteiger partial charge in [-0.2, -0.15) is 0 Å². The quantitative estimate of drug-likeness (QED) is 0.772. The van der Waals surface area contributed by atoms with Crippen molar-refractivity contribution < 1.29 is 14.9 Å². The fourth-order valence-electron chi connectivity index (χ4n) is 2.45. The van der Waals surface area contributed by atoms with Crippen molar-refractivity contribution in [3.05, 3.63) is 28.8 Å². The first-order valence-corrected chi connectivity index (χ1v) is 7.94. The molecule has 2 atom stereocenters. The minimum absolute atomic E-state index is 0.478. The van der Waals surface area contributed by atoms with Crippen LogP contribution in [0.15, 0.2) is 12.1 Å². The fourth-order valence-corrected chi connectivity index (χ4v) is 2.45. The summed E-state index contributed by atoms with van der Waals surface area (Å²) in [6.07, 6.45) is 0.527. The maximum Gasteiger partial charge on any atom is 0.125 e. The van der Waals surface area contributed by atoms with E-state index in [2.05, 4.69) is 39.8 Å². The molecule has 2 N–H and O–H groups in total. The van der Waals surface area contributed by atoms with Crippen molar-refractivity contribution in [2.45, 2.75) is 66.1 Å². The molecule has 1 rings (SSSR count). The minimum Gasteiger partial charge on any atom is -0.493 e. The van der Waals surface area contributed by atoms with E-state index in [0.717, 1.165) is 16.9 Å². The molecule has 3 heteroatoms. The number of rotatable bonds is 8. The summed E-state index contributed by atoms with van der Waals surface area (Å²) in [5, 5.41) is 19.6. The van der Waals surface area contributed by atoms with Gasteiger partial charge in [-0.3, -0.25) is 0 Å². The van der Waals surface area contributed by atoms with E-state index in [4.69, 9.17) is 4.74 Å². The van der Waals surface area contributed by atoms with E-state index in [1.54, 1.807) is 0 Å². The van der Waals surface area contributed by atoms with Crippen molar-refractivity contribution in [1.82, 2.24) is 0 Å². The lowest BCUT2D eigenvalue weighted by Gasteiger charge is -2.19. The summed E-state index contributed by atoms with van der Waals surface area (Å²) >= 11 is 0. The maximum absolute atomic E-state index is 9.94. The molecule has 0 fully saturated rings. The van der Waals surface area contributed by atoms with Crippen LogP contribution in [0.5, 0.6) is 5.75 Å². The summed E-state index contributed by atoms with van der Waals surface area (Å²) in [6.45, 7) is 11.0. The standard InChI is InChI=1S/C18H30O3/c1-6-16(19)17(20)8-7-15-10-13(4)9-14(5)18(15)21-11-12(2)3/h9-10,12,16-17,19-20H,6-8,11H2,1-5H3. The Bertz CT molecular complexity index is 440. The zero-order valence-electron chi connectivity index (χ0n) is 14.0. The highest BCUT2D eigenvalue weighted by Crippen LogP contribution is 2.27. The average Bonchev–Trinajstić information content (AvgIpc) is 2.42. The van der Waals surface area contributed by atoms with Gasteiger partial charge in [-0.25, -0.2) is 0 Å². The lowest BCUT2D eigenvalue weighted by molar-refractivity contribution is 0.0129. The Morgan fingerprint density at radius 2 is 1.76 bits per heavy atom. The molecule has 21 heavy (non-hydrogen) atoms. The molecule has 0 bridgehead atoms. The number of ether oxygens (including phenoxy) is 1. The van der Waals surface area contributed by atoms with Crippen molar-refractivity contribution >= 4 is 0 Å². The van der Waals surface area contributed by atoms with Crippen LogP contribution in [0.2, 0.25) is 0 Å². The van der Waals surface area contributed by atoms with Crippen LogP contribution < -0.4 is 4.74 Å². The number of hydrogen-bond acceptors (Lipinski definition) is 3. The lowest BCUT2D eigenvalue weighted by atomic mass is 9.98. The summed E-state index contributed by atoms with van der Waals surface area (Å²) in [5.74, 6) is 1.42. The second-order valence-electron chi connectivity index (χ2n) is 6.36. The molecule has 120 valence electrons. The van der Waals surface area contributed by atoms with Gasteiger partial charge in [0.2, 0.25) is 0 Å². The molecule has 0 radical (unpaired) electrons. The summed E-state index contributed by atoms with van der Waals surface area (Å²) in [6, 6.07) is 4.24. The number of hydrogen-bond donors (Lipinski definition) is 2. The van der Waals surface area contributed by atoms with E-state index in [1.807, 2.05) is 6.92 Å². The number of aliphatic hydroxyl groups excluding tert-OH is 2. The lowest BCUT2D eigenvalue weighted by Crippen LogP contribution is -2.25. The van der Waals surface area contributed by atoms with Gasteiger partial charge in [-0.1, -0.05) is 38.5 Å². The molecular weight excluding hydrogens is 264 g/mol. The van der Waals surface area contributed by atoms with Gasteiger partial charge >= 0.3 is 0 Å². The van der Waals surface area contributed by atoms with Gasteiger partial charge in [-0.15, -0.1) is 0 Å². The van der Waals surface area contributed by atoms with Crippen LogP contribution >= 0.6 is 0 Å². The molecule has 0 saturated heterocycles. The summed E-state index contributed by atoms with van der Waals surface area (Å²) in [7, 11) is 0. The second kappa shape index (κ2) is 8.40. The first kappa shape index (κ1) is 18.0. The Morgan fingerprint density at radius 3 is 2.33 bits per heavy atom. The molecule has 1 aromatic rings. The van der Waals surface area contributed by atoms with Crippen LogP contribution in [0.25, 0.3) is 0 Å². The van der Waals surface area contributed by atoms with Crippen molar-refractivity contribution in [2.24, 2.45) is 5.92 Å². The van der Waals surface area contributed by atoms with E-state index in [9.17, 15) is 10.2 Å². The highest BCUT2D eigenvalue weighted by molar-refractivity contribution is 5.44. The van der Waals surface area contributed by atoms with E-state index in [-0.39, 0.29) is 0 Å². The Morgan fingerprint density at radius 1 is 1.10 bits per heavy atom. The molecule has 0 aliphatic rings. The molecular formula is C18H30O3. The van der Waals surface area contributed by atoms with Crippen LogP contribution in [0.4, 0.5) is 0 Å². The smallest absolute Gasteiger partial charge is 0.125 e. The molecule has 0 aliphatic carbocycles. The van der Waals surface area contributed by atoms with E-state index in [1.165, 1.54) is 5.56 Å². The summed E-state index contributed by atoms with van der Waals surface area (Å²) in [5.41, 5.74) is 3.46. The third-order valence-corrected chi connectivity index (χ3v) is 3.63. The summed E-state index contributed by atoms with van der Waals surface area (Å²) < 4.78 is 5.96. The van der Waals surface area contributed by atoms with E-state index >= 15 is 0 Å². The first-order valence-electron chi connectivity index (χ1n) is 7.94. The molecule has 1 aromatic carbocycles. The van der Waals surface area contributed by atoms with Crippen LogP contribution in [-0.2, 0) is 6.42 Å². The van der Waals surface area contributed by atoms with Gasteiger partial charge in [0, 0.05) is 0 Å². The third kappa shape index (κ3) is 5.68. The van der Waals surface area contributed by atoms with E-state index < -0.39 is 12.2 Å². The highest BCUT2D eigenvalue weighted by atomic mass is 16.5. The molecule has 3 nitrogen and oxygen atoms in total. The molecule has 0 heterocycles. The Labute approximate surface area is 129 Å². The van der Waals surface area contributed by atoms with Crippen LogP contribution in [0, 0.1) is 19.8 Å². The van der Waals surface area contributed by atoms with Gasteiger partial charge in [0.15, 0.2) is 0 Å². The Balaban J connectivity index is 2.83. The molecule has 0 amide bonds. The SMILES string of the molecule is CCC(O)C(O)CCc1cc(C)cc(C)c1OCC(C)C. The van der Waals surface area contributed by atoms with Crippen LogP contribution in [0.3, 0.4) is 0 Å². The van der Waals surface area contributed by atoms with Crippen molar-refractivity contribution in [3.63, 3.8) is 0 Å².